The molecule has 1 N–H and O–H groups in total. The molecule has 1 heterocycles. The van der Waals surface area contributed by atoms with E-state index >= 15 is 0 Å². The van der Waals surface area contributed by atoms with Crippen molar-refractivity contribution in [2.24, 2.45) is 0 Å². The molecule has 4 rings (SSSR count). The van der Waals surface area contributed by atoms with Crippen molar-refractivity contribution in [3.05, 3.63) is 90.5 Å². The molecule has 2 heteroatoms. The monoisotopic (exact) mass is 314 g/mol. The van der Waals surface area contributed by atoms with Gasteiger partial charge in [0.05, 0.1) is 0 Å². The second-order valence-corrected chi connectivity index (χ2v) is 6.29. The zero-order chi connectivity index (χ0) is 16.2. The molecule has 1 fully saturated rings. The number of anilines is 3. The number of benzene rings is 3. The van der Waals surface area contributed by atoms with Gasteiger partial charge in [-0.2, -0.15) is 0 Å². The second kappa shape index (κ2) is 6.90. The van der Waals surface area contributed by atoms with E-state index in [0.717, 1.165) is 13.1 Å². The third-order valence-electron chi connectivity index (χ3n) is 4.71. The van der Waals surface area contributed by atoms with Crippen molar-refractivity contribution in [2.45, 2.75) is 12.3 Å². The Bertz CT molecular complexity index is 721. The third kappa shape index (κ3) is 3.06. The predicted molar refractivity (Wildman–Crippen MR) is 101 cm³/mol. The lowest BCUT2D eigenvalue weighted by molar-refractivity contribution is 0.763. The average molecular weight is 314 g/mol. The fourth-order valence-corrected chi connectivity index (χ4v) is 3.44. The number of para-hydroxylation sites is 2. The minimum atomic E-state index is 0.654. The molecule has 1 saturated heterocycles. The molecule has 2 nitrogen and oxygen atoms in total. The summed E-state index contributed by atoms with van der Waals surface area (Å²) in [4.78, 5) is 2.30. The Morgan fingerprint density at radius 3 is 1.71 bits per heavy atom. The molecule has 0 bridgehead atoms. The number of hydrogen-bond donors (Lipinski definition) is 1. The van der Waals surface area contributed by atoms with E-state index in [1.807, 2.05) is 0 Å². The van der Waals surface area contributed by atoms with Crippen LogP contribution < -0.4 is 10.2 Å². The second-order valence-electron chi connectivity index (χ2n) is 6.29. The summed E-state index contributed by atoms with van der Waals surface area (Å²) in [5, 5.41) is 3.45. The van der Waals surface area contributed by atoms with Crippen molar-refractivity contribution in [2.75, 3.05) is 18.0 Å². The minimum Gasteiger partial charge on any atom is -0.316 e. The van der Waals surface area contributed by atoms with E-state index in [-0.39, 0.29) is 0 Å². The fourth-order valence-electron chi connectivity index (χ4n) is 3.44. The quantitative estimate of drug-likeness (QED) is 0.709. The molecule has 120 valence electrons. The van der Waals surface area contributed by atoms with Crippen molar-refractivity contribution in [1.82, 2.24) is 5.32 Å². The molecule has 1 aliphatic heterocycles. The lowest BCUT2D eigenvalue weighted by atomic mass is 9.98. The van der Waals surface area contributed by atoms with Gasteiger partial charge in [0.2, 0.25) is 0 Å². The van der Waals surface area contributed by atoms with E-state index in [9.17, 15) is 0 Å². The summed E-state index contributed by atoms with van der Waals surface area (Å²) in [5.74, 6) is 0.654. The van der Waals surface area contributed by atoms with Crippen LogP contribution in [0.3, 0.4) is 0 Å². The maximum atomic E-state index is 3.45. The Balaban J connectivity index is 1.71. The maximum absolute atomic E-state index is 3.45. The number of rotatable bonds is 4. The largest absolute Gasteiger partial charge is 0.316 e. The molecule has 0 aromatic heterocycles. The first-order valence-electron chi connectivity index (χ1n) is 8.63. The Labute approximate surface area is 143 Å². The van der Waals surface area contributed by atoms with Crippen molar-refractivity contribution in [3.8, 4) is 0 Å². The molecule has 0 spiro atoms. The van der Waals surface area contributed by atoms with E-state index in [0.29, 0.717) is 5.92 Å². The summed E-state index contributed by atoms with van der Waals surface area (Å²) in [6.07, 6.45) is 1.24. The van der Waals surface area contributed by atoms with Crippen LogP contribution in [-0.2, 0) is 0 Å². The van der Waals surface area contributed by atoms with Gasteiger partial charge in [0.1, 0.15) is 0 Å². The Morgan fingerprint density at radius 2 is 1.21 bits per heavy atom. The van der Waals surface area contributed by atoms with Gasteiger partial charge in [-0.05, 0) is 60.8 Å². The van der Waals surface area contributed by atoms with Crippen LogP contribution in [0.1, 0.15) is 17.9 Å². The minimum absolute atomic E-state index is 0.654. The Kier molecular flexibility index (Phi) is 4.30. The van der Waals surface area contributed by atoms with E-state index in [1.54, 1.807) is 0 Å². The van der Waals surface area contributed by atoms with Gasteiger partial charge in [-0.15, -0.1) is 0 Å². The molecule has 24 heavy (non-hydrogen) atoms. The van der Waals surface area contributed by atoms with Gasteiger partial charge in [0.25, 0.3) is 0 Å². The molecule has 3 aromatic rings. The average Bonchev–Trinajstić information content (AvgIpc) is 3.19. The molecule has 0 amide bonds. The van der Waals surface area contributed by atoms with E-state index < -0.39 is 0 Å². The van der Waals surface area contributed by atoms with Crippen molar-refractivity contribution >= 4 is 17.1 Å². The molecule has 0 aliphatic carbocycles. The normalized spacial score (nSPS) is 16.9. The van der Waals surface area contributed by atoms with Crippen LogP contribution in [0.2, 0.25) is 0 Å². The smallest absolute Gasteiger partial charge is 0.0461 e. The van der Waals surface area contributed by atoms with Gasteiger partial charge in [-0.1, -0.05) is 48.5 Å². The van der Waals surface area contributed by atoms with Crippen LogP contribution in [0, 0.1) is 0 Å². The van der Waals surface area contributed by atoms with E-state index in [1.165, 1.54) is 29.0 Å². The van der Waals surface area contributed by atoms with Gasteiger partial charge in [0, 0.05) is 23.6 Å². The molecular weight excluding hydrogens is 292 g/mol. The number of nitrogens with zero attached hydrogens (tertiary/aromatic N) is 1. The first-order chi connectivity index (χ1) is 11.9. The van der Waals surface area contributed by atoms with Crippen molar-refractivity contribution < 1.29 is 0 Å². The first-order valence-corrected chi connectivity index (χ1v) is 8.63. The number of hydrogen-bond acceptors (Lipinski definition) is 2. The molecular formula is C22H22N2. The molecule has 1 aliphatic rings. The predicted octanol–water partition coefficient (Wildman–Crippen LogP) is 5.23. The van der Waals surface area contributed by atoms with E-state index in [4.69, 9.17) is 0 Å². The molecule has 0 saturated carbocycles. The van der Waals surface area contributed by atoms with E-state index in [2.05, 4.69) is 95.1 Å². The third-order valence-corrected chi connectivity index (χ3v) is 4.71. The highest BCUT2D eigenvalue weighted by molar-refractivity contribution is 5.76. The Morgan fingerprint density at radius 1 is 0.667 bits per heavy atom. The van der Waals surface area contributed by atoms with Gasteiger partial charge in [-0.3, -0.25) is 0 Å². The molecule has 1 atom stereocenters. The highest BCUT2D eigenvalue weighted by Gasteiger charge is 2.17. The lowest BCUT2D eigenvalue weighted by Gasteiger charge is -2.25. The maximum Gasteiger partial charge on any atom is 0.0461 e. The summed E-state index contributed by atoms with van der Waals surface area (Å²) in [6.45, 7) is 2.23. The van der Waals surface area contributed by atoms with Crippen LogP contribution in [0.4, 0.5) is 17.1 Å². The van der Waals surface area contributed by atoms with Crippen molar-refractivity contribution in [3.63, 3.8) is 0 Å². The van der Waals surface area contributed by atoms with Gasteiger partial charge < -0.3 is 10.2 Å². The first kappa shape index (κ1) is 15.0. The van der Waals surface area contributed by atoms with Crippen LogP contribution in [0.25, 0.3) is 0 Å². The highest BCUT2D eigenvalue weighted by atomic mass is 15.1. The van der Waals surface area contributed by atoms with Crippen LogP contribution >= 0.6 is 0 Å². The summed E-state index contributed by atoms with van der Waals surface area (Å²) in [5.41, 5.74) is 4.99. The summed E-state index contributed by atoms with van der Waals surface area (Å²) < 4.78 is 0. The summed E-state index contributed by atoms with van der Waals surface area (Å²) in [6, 6.07) is 30.1. The zero-order valence-corrected chi connectivity index (χ0v) is 13.7. The number of nitrogens with one attached hydrogen (secondary N) is 1. The summed E-state index contributed by atoms with van der Waals surface area (Å²) in [7, 11) is 0. The van der Waals surface area contributed by atoms with Crippen LogP contribution in [-0.4, -0.2) is 13.1 Å². The molecule has 3 aromatic carbocycles. The topological polar surface area (TPSA) is 15.3 Å². The zero-order valence-electron chi connectivity index (χ0n) is 13.7. The molecule has 0 radical (unpaired) electrons. The molecule has 1 unspecified atom stereocenters. The van der Waals surface area contributed by atoms with Crippen molar-refractivity contribution in [1.29, 1.82) is 0 Å². The lowest BCUT2D eigenvalue weighted by Crippen LogP contribution is -2.10. The fraction of sp³-hybridized carbons (Fsp3) is 0.182. The van der Waals surface area contributed by atoms with Crippen LogP contribution in [0.5, 0.6) is 0 Å². The van der Waals surface area contributed by atoms with Crippen LogP contribution in [0.15, 0.2) is 84.9 Å². The highest BCUT2D eigenvalue weighted by Crippen LogP contribution is 2.35. The van der Waals surface area contributed by atoms with Gasteiger partial charge >= 0.3 is 0 Å². The standard InChI is InChI=1S/C22H22N2/c1-3-7-20(8-4-1)24(21-9-5-2-6-10-21)22-13-11-18(12-14-22)19-15-16-23-17-19/h1-14,19,23H,15-17H2. The summed E-state index contributed by atoms with van der Waals surface area (Å²) >= 11 is 0. The van der Waals surface area contributed by atoms with Gasteiger partial charge in [0.15, 0.2) is 0 Å². The van der Waals surface area contributed by atoms with Gasteiger partial charge in [-0.25, -0.2) is 0 Å². The Hall–Kier alpha value is -2.58. The SMILES string of the molecule is c1ccc(N(c2ccccc2)c2ccc(C3CCNC3)cc2)cc1.